The third-order valence-corrected chi connectivity index (χ3v) is 3.87. The predicted octanol–water partition coefficient (Wildman–Crippen LogP) is 2.42. The molecule has 0 radical (unpaired) electrons. The molecule has 1 fully saturated rings. The number of nitrogen functional groups attached to an aromatic ring is 1. The van der Waals surface area contributed by atoms with E-state index in [-0.39, 0.29) is 17.0 Å². The van der Waals surface area contributed by atoms with Crippen LogP contribution < -0.4 is 10.6 Å². The molecule has 1 atom stereocenters. The van der Waals surface area contributed by atoms with E-state index >= 15 is 0 Å². The van der Waals surface area contributed by atoms with Crippen LogP contribution in [0.1, 0.15) is 13.3 Å². The molecule has 22 heavy (non-hydrogen) atoms. The molecule has 0 aromatic carbocycles. The standard InChI is InChI=1S/C13H19ClF3N5/c1-2-21(8-13(15,16)17)6-9-3-4-22(7-9)11-5-10(14)19-12(18)20-11/h5,9H,2-4,6-8H2,1H3,(H2,18,19,20). The molecular weight excluding hydrogens is 319 g/mol. The highest BCUT2D eigenvalue weighted by Gasteiger charge is 2.32. The van der Waals surface area contributed by atoms with Crippen molar-refractivity contribution in [2.75, 3.05) is 43.4 Å². The van der Waals surface area contributed by atoms with Crippen LogP contribution in [-0.4, -0.2) is 53.8 Å². The molecule has 1 aromatic heterocycles. The van der Waals surface area contributed by atoms with Gasteiger partial charge in [0.15, 0.2) is 0 Å². The largest absolute Gasteiger partial charge is 0.401 e. The Bertz CT molecular complexity index is 491. The zero-order chi connectivity index (χ0) is 16.3. The molecule has 1 aromatic rings. The van der Waals surface area contributed by atoms with Crippen LogP contribution in [-0.2, 0) is 0 Å². The fourth-order valence-electron chi connectivity index (χ4n) is 2.70. The molecule has 1 aliphatic heterocycles. The lowest BCUT2D eigenvalue weighted by Crippen LogP contribution is -2.38. The SMILES string of the molecule is CCN(CC1CCN(c2cc(Cl)nc(N)n2)C1)CC(F)(F)F. The van der Waals surface area contributed by atoms with Gasteiger partial charge in [0.05, 0.1) is 6.54 Å². The molecule has 2 rings (SSSR count). The van der Waals surface area contributed by atoms with E-state index in [0.717, 1.165) is 13.0 Å². The topological polar surface area (TPSA) is 58.3 Å². The number of halogens is 4. The summed E-state index contributed by atoms with van der Waals surface area (Å²) in [5.74, 6) is 0.884. The van der Waals surface area contributed by atoms with Gasteiger partial charge in [-0.2, -0.15) is 18.2 Å². The molecule has 2 N–H and O–H groups in total. The van der Waals surface area contributed by atoms with Gasteiger partial charge in [0, 0.05) is 25.7 Å². The number of aromatic nitrogens is 2. The fraction of sp³-hybridized carbons (Fsp3) is 0.692. The Morgan fingerprint density at radius 2 is 2.18 bits per heavy atom. The van der Waals surface area contributed by atoms with E-state index in [1.54, 1.807) is 13.0 Å². The first-order chi connectivity index (χ1) is 10.3. The molecule has 9 heteroatoms. The van der Waals surface area contributed by atoms with Crippen molar-refractivity contribution in [2.24, 2.45) is 5.92 Å². The van der Waals surface area contributed by atoms with Gasteiger partial charge >= 0.3 is 6.18 Å². The van der Waals surface area contributed by atoms with E-state index in [1.807, 2.05) is 4.90 Å². The molecule has 2 heterocycles. The first-order valence-corrected chi connectivity index (χ1v) is 7.48. The van der Waals surface area contributed by atoms with Crippen molar-refractivity contribution in [1.29, 1.82) is 0 Å². The summed E-state index contributed by atoms with van der Waals surface area (Å²) in [6, 6.07) is 1.62. The normalized spacial score (nSPS) is 19.2. The maximum absolute atomic E-state index is 12.5. The monoisotopic (exact) mass is 337 g/mol. The Balaban J connectivity index is 1.94. The summed E-state index contributed by atoms with van der Waals surface area (Å²) in [6.07, 6.45) is -3.35. The van der Waals surface area contributed by atoms with Crippen LogP contribution in [0.5, 0.6) is 0 Å². The second kappa shape index (κ2) is 6.87. The summed E-state index contributed by atoms with van der Waals surface area (Å²) < 4.78 is 37.5. The van der Waals surface area contributed by atoms with E-state index in [9.17, 15) is 13.2 Å². The zero-order valence-corrected chi connectivity index (χ0v) is 13.0. The van der Waals surface area contributed by atoms with Crippen LogP contribution in [0.25, 0.3) is 0 Å². The maximum Gasteiger partial charge on any atom is 0.401 e. The van der Waals surface area contributed by atoms with Crippen molar-refractivity contribution in [1.82, 2.24) is 14.9 Å². The van der Waals surface area contributed by atoms with Crippen molar-refractivity contribution in [3.05, 3.63) is 11.2 Å². The second-order valence-corrected chi connectivity index (χ2v) is 5.84. The Labute approximate surface area is 132 Å². The molecular formula is C13H19ClF3N5. The van der Waals surface area contributed by atoms with Crippen LogP contribution in [0.2, 0.25) is 5.15 Å². The van der Waals surface area contributed by atoms with Crippen LogP contribution in [0.4, 0.5) is 24.9 Å². The predicted molar refractivity (Wildman–Crippen MR) is 79.9 cm³/mol. The molecule has 5 nitrogen and oxygen atoms in total. The maximum atomic E-state index is 12.5. The van der Waals surface area contributed by atoms with Gasteiger partial charge in [-0.3, -0.25) is 4.90 Å². The molecule has 0 bridgehead atoms. The van der Waals surface area contributed by atoms with E-state index in [1.165, 1.54) is 4.90 Å². The zero-order valence-electron chi connectivity index (χ0n) is 12.3. The highest BCUT2D eigenvalue weighted by Crippen LogP contribution is 2.26. The number of rotatable bonds is 5. The minimum Gasteiger partial charge on any atom is -0.368 e. The average molecular weight is 338 g/mol. The smallest absolute Gasteiger partial charge is 0.368 e. The molecule has 1 saturated heterocycles. The van der Waals surface area contributed by atoms with Crippen LogP contribution in [0.15, 0.2) is 6.07 Å². The van der Waals surface area contributed by atoms with Gasteiger partial charge in [-0.1, -0.05) is 18.5 Å². The minimum atomic E-state index is -4.16. The molecule has 0 saturated carbocycles. The third-order valence-electron chi connectivity index (χ3n) is 3.68. The highest BCUT2D eigenvalue weighted by molar-refractivity contribution is 6.29. The molecule has 0 aliphatic carbocycles. The van der Waals surface area contributed by atoms with E-state index < -0.39 is 12.7 Å². The summed E-state index contributed by atoms with van der Waals surface area (Å²) in [7, 11) is 0. The van der Waals surface area contributed by atoms with Crippen LogP contribution >= 0.6 is 11.6 Å². The Kier molecular flexibility index (Phi) is 5.33. The van der Waals surface area contributed by atoms with Crippen LogP contribution in [0, 0.1) is 5.92 Å². The van der Waals surface area contributed by atoms with Crippen molar-refractivity contribution in [2.45, 2.75) is 19.5 Å². The van der Waals surface area contributed by atoms with Crippen molar-refractivity contribution < 1.29 is 13.2 Å². The van der Waals surface area contributed by atoms with E-state index in [0.29, 0.717) is 25.5 Å². The van der Waals surface area contributed by atoms with Gasteiger partial charge in [-0.25, -0.2) is 4.98 Å². The first-order valence-electron chi connectivity index (χ1n) is 7.11. The molecule has 124 valence electrons. The lowest BCUT2D eigenvalue weighted by Gasteiger charge is -2.25. The number of anilines is 2. The van der Waals surface area contributed by atoms with Gasteiger partial charge in [0.25, 0.3) is 0 Å². The number of hydrogen-bond acceptors (Lipinski definition) is 5. The van der Waals surface area contributed by atoms with Gasteiger partial charge in [-0.05, 0) is 18.9 Å². The van der Waals surface area contributed by atoms with E-state index in [2.05, 4.69) is 9.97 Å². The fourth-order valence-corrected chi connectivity index (χ4v) is 2.88. The average Bonchev–Trinajstić information content (AvgIpc) is 2.83. The quantitative estimate of drug-likeness (QED) is 0.836. The van der Waals surface area contributed by atoms with Crippen molar-refractivity contribution in [3.63, 3.8) is 0 Å². The Morgan fingerprint density at radius 1 is 1.45 bits per heavy atom. The number of nitrogens with two attached hydrogens (primary N) is 1. The first kappa shape index (κ1) is 17.1. The van der Waals surface area contributed by atoms with Gasteiger partial charge in [0.1, 0.15) is 11.0 Å². The molecule has 1 unspecified atom stereocenters. The van der Waals surface area contributed by atoms with Crippen molar-refractivity contribution >= 4 is 23.4 Å². The summed E-state index contributed by atoms with van der Waals surface area (Å²) in [4.78, 5) is 11.3. The Morgan fingerprint density at radius 3 is 2.77 bits per heavy atom. The van der Waals surface area contributed by atoms with Crippen LogP contribution in [0.3, 0.4) is 0 Å². The molecule has 0 amide bonds. The molecule has 0 spiro atoms. The second-order valence-electron chi connectivity index (χ2n) is 5.45. The third kappa shape index (κ3) is 4.88. The number of nitrogens with zero attached hydrogens (tertiary/aromatic N) is 4. The summed E-state index contributed by atoms with van der Waals surface area (Å²) in [6.45, 7) is 3.03. The number of hydrogen-bond donors (Lipinski definition) is 1. The number of alkyl halides is 3. The lowest BCUT2D eigenvalue weighted by atomic mass is 10.1. The highest BCUT2D eigenvalue weighted by atomic mass is 35.5. The summed E-state index contributed by atoms with van der Waals surface area (Å²) >= 11 is 5.85. The minimum absolute atomic E-state index is 0.0956. The lowest BCUT2D eigenvalue weighted by molar-refractivity contribution is -0.146. The van der Waals surface area contributed by atoms with Crippen molar-refractivity contribution in [3.8, 4) is 0 Å². The summed E-state index contributed by atoms with van der Waals surface area (Å²) in [5, 5.41) is 0.262. The molecule has 1 aliphatic rings. The Hall–Kier alpha value is -1.28. The van der Waals surface area contributed by atoms with Gasteiger partial charge in [0.2, 0.25) is 5.95 Å². The summed E-state index contributed by atoms with van der Waals surface area (Å²) in [5.41, 5.74) is 5.57. The van der Waals surface area contributed by atoms with E-state index in [4.69, 9.17) is 17.3 Å². The van der Waals surface area contributed by atoms with Gasteiger partial charge < -0.3 is 10.6 Å². The van der Waals surface area contributed by atoms with Gasteiger partial charge in [-0.15, -0.1) is 0 Å².